The molecule has 3 heteroatoms. The minimum Gasteiger partial charge on any atom is -0.494 e. The molecule has 1 aromatic carbocycles. The van der Waals surface area contributed by atoms with E-state index in [0.717, 1.165) is 30.6 Å². The molecule has 0 aliphatic carbocycles. The highest BCUT2D eigenvalue weighted by Crippen LogP contribution is 2.22. The van der Waals surface area contributed by atoms with Gasteiger partial charge in [-0.25, -0.2) is 0 Å². The second-order valence-corrected chi connectivity index (χ2v) is 5.55. The number of aliphatic hydroxyl groups excluding tert-OH is 1. The van der Waals surface area contributed by atoms with E-state index >= 15 is 0 Å². The molecule has 104 valence electrons. The molecule has 0 spiro atoms. The maximum Gasteiger partial charge on any atom is 0.119 e. The number of aliphatic hydroxyl groups is 1. The van der Waals surface area contributed by atoms with Crippen molar-refractivity contribution >= 4 is 0 Å². The zero-order chi connectivity index (χ0) is 14.3. The summed E-state index contributed by atoms with van der Waals surface area (Å²) >= 11 is 0. The Kier molecular flexibility index (Phi) is 5.85. The van der Waals surface area contributed by atoms with Crippen LogP contribution in [0.5, 0.6) is 5.75 Å². The van der Waals surface area contributed by atoms with E-state index in [0.29, 0.717) is 6.61 Å². The topological polar surface area (TPSA) is 53.2 Å². The Morgan fingerprint density at radius 1 is 1.37 bits per heavy atom. The van der Waals surface area contributed by atoms with Gasteiger partial charge < -0.3 is 9.84 Å². The highest BCUT2D eigenvalue weighted by atomic mass is 16.5. The summed E-state index contributed by atoms with van der Waals surface area (Å²) < 4.78 is 5.65. The van der Waals surface area contributed by atoms with Crippen LogP contribution in [0.3, 0.4) is 0 Å². The van der Waals surface area contributed by atoms with Crippen LogP contribution in [0.4, 0.5) is 0 Å². The molecule has 0 aliphatic rings. The summed E-state index contributed by atoms with van der Waals surface area (Å²) in [6.45, 7) is 6.30. The number of rotatable bonds is 7. The van der Waals surface area contributed by atoms with Crippen LogP contribution in [0.2, 0.25) is 0 Å². The Morgan fingerprint density at radius 2 is 2.11 bits per heavy atom. The molecule has 0 aromatic heterocycles. The average molecular weight is 261 g/mol. The molecule has 0 aliphatic heterocycles. The Bertz CT molecular complexity index is 433. The molecule has 0 bridgehead atoms. The standard InChI is InChI=1S/C16H23NO2/c1-13(18)14-7-6-8-15(11-14)19-10-5-4-9-16(2,3)12-17/h6-8,11,13,18H,4-5,9-10H2,1-3H3/t13-/m0/s1. The van der Waals surface area contributed by atoms with Crippen LogP contribution in [0.15, 0.2) is 24.3 Å². The Morgan fingerprint density at radius 3 is 2.74 bits per heavy atom. The van der Waals surface area contributed by atoms with Crippen LogP contribution in [0.25, 0.3) is 0 Å². The van der Waals surface area contributed by atoms with Crippen molar-refractivity contribution in [3.8, 4) is 11.8 Å². The number of ether oxygens (including phenoxy) is 1. The molecule has 0 heterocycles. The van der Waals surface area contributed by atoms with Crippen LogP contribution >= 0.6 is 0 Å². The van der Waals surface area contributed by atoms with E-state index in [2.05, 4.69) is 6.07 Å². The molecule has 0 saturated heterocycles. The summed E-state index contributed by atoms with van der Waals surface area (Å²) in [4.78, 5) is 0. The molecule has 0 fully saturated rings. The summed E-state index contributed by atoms with van der Waals surface area (Å²) in [7, 11) is 0. The summed E-state index contributed by atoms with van der Waals surface area (Å²) in [5, 5.41) is 18.4. The molecule has 0 saturated carbocycles. The van der Waals surface area contributed by atoms with Crippen molar-refractivity contribution in [2.75, 3.05) is 6.61 Å². The minimum absolute atomic E-state index is 0.244. The zero-order valence-corrected chi connectivity index (χ0v) is 12.0. The van der Waals surface area contributed by atoms with Crippen LogP contribution in [-0.4, -0.2) is 11.7 Å². The molecule has 19 heavy (non-hydrogen) atoms. The number of nitriles is 1. The summed E-state index contributed by atoms with van der Waals surface area (Å²) in [6.07, 6.45) is 2.33. The Labute approximate surface area is 115 Å². The predicted molar refractivity (Wildman–Crippen MR) is 75.8 cm³/mol. The van der Waals surface area contributed by atoms with E-state index in [1.54, 1.807) is 6.92 Å². The van der Waals surface area contributed by atoms with Gasteiger partial charge in [0.1, 0.15) is 5.75 Å². The number of unbranched alkanes of at least 4 members (excludes halogenated alkanes) is 1. The van der Waals surface area contributed by atoms with Crippen molar-refractivity contribution in [1.29, 1.82) is 5.26 Å². The fourth-order valence-electron chi connectivity index (χ4n) is 1.78. The smallest absolute Gasteiger partial charge is 0.119 e. The molecule has 0 radical (unpaired) electrons. The van der Waals surface area contributed by atoms with E-state index < -0.39 is 6.10 Å². The molecule has 1 atom stereocenters. The maximum atomic E-state index is 9.49. The largest absolute Gasteiger partial charge is 0.494 e. The molecule has 1 aromatic rings. The van der Waals surface area contributed by atoms with Crippen LogP contribution in [-0.2, 0) is 0 Å². The van der Waals surface area contributed by atoms with Gasteiger partial charge in [-0.2, -0.15) is 5.26 Å². The lowest BCUT2D eigenvalue weighted by Gasteiger charge is -2.14. The third-order valence-corrected chi connectivity index (χ3v) is 3.11. The fourth-order valence-corrected chi connectivity index (χ4v) is 1.78. The zero-order valence-electron chi connectivity index (χ0n) is 12.0. The molecule has 1 N–H and O–H groups in total. The van der Waals surface area contributed by atoms with Gasteiger partial charge in [0.15, 0.2) is 0 Å². The Balaban J connectivity index is 2.30. The van der Waals surface area contributed by atoms with Crippen molar-refractivity contribution in [3.05, 3.63) is 29.8 Å². The first kappa shape index (κ1) is 15.5. The number of hydrogen-bond acceptors (Lipinski definition) is 3. The number of nitrogens with zero attached hydrogens (tertiary/aromatic N) is 1. The molecule has 0 amide bonds. The average Bonchev–Trinajstić information content (AvgIpc) is 2.38. The summed E-state index contributed by atoms with van der Waals surface area (Å²) in [5.41, 5.74) is 0.620. The van der Waals surface area contributed by atoms with Gasteiger partial charge in [0, 0.05) is 0 Å². The lowest BCUT2D eigenvalue weighted by atomic mass is 9.89. The van der Waals surface area contributed by atoms with Crippen LogP contribution < -0.4 is 4.74 Å². The van der Waals surface area contributed by atoms with Crippen molar-refractivity contribution < 1.29 is 9.84 Å². The molecule has 0 unspecified atom stereocenters. The molecular weight excluding hydrogens is 238 g/mol. The van der Waals surface area contributed by atoms with Crippen LogP contribution in [0, 0.1) is 16.7 Å². The first-order valence-electron chi connectivity index (χ1n) is 6.77. The van der Waals surface area contributed by atoms with Gasteiger partial charge in [-0.05, 0) is 57.7 Å². The van der Waals surface area contributed by atoms with Crippen LogP contribution in [0.1, 0.15) is 51.7 Å². The lowest BCUT2D eigenvalue weighted by molar-refractivity contribution is 0.198. The normalized spacial score (nSPS) is 12.8. The van der Waals surface area contributed by atoms with Gasteiger partial charge in [0.05, 0.1) is 24.2 Å². The van der Waals surface area contributed by atoms with Gasteiger partial charge >= 0.3 is 0 Å². The molecular formula is C16H23NO2. The van der Waals surface area contributed by atoms with E-state index in [1.807, 2.05) is 38.1 Å². The van der Waals surface area contributed by atoms with Gasteiger partial charge in [0.25, 0.3) is 0 Å². The maximum absolute atomic E-state index is 9.49. The van der Waals surface area contributed by atoms with Gasteiger partial charge in [-0.1, -0.05) is 12.1 Å². The third-order valence-electron chi connectivity index (χ3n) is 3.11. The van der Waals surface area contributed by atoms with E-state index in [4.69, 9.17) is 10.00 Å². The monoisotopic (exact) mass is 261 g/mol. The first-order chi connectivity index (χ1) is 8.94. The fraction of sp³-hybridized carbons (Fsp3) is 0.562. The van der Waals surface area contributed by atoms with E-state index in [9.17, 15) is 5.11 Å². The highest BCUT2D eigenvalue weighted by Gasteiger charge is 2.15. The quantitative estimate of drug-likeness (QED) is 0.759. The van der Waals surface area contributed by atoms with E-state index in [1.165, 1.54) is 0 Å². The Hall–Kier alpha value is -1.53. The van der Waals surface area contributed by atoms with Crippen molar-refractivity contribution in [2.24, 2.45) is 5.41 Å². The van der Waals surface area contributed by atoms with Crippen molar-refractivity contribution in [1.82, 2.24) is 0 Å². The molecule has 1 rings (SSSR count). The predicted octanol–water partition coefficient (Wildman–Crippen LogP) is 3.84. The number of hydrogen-bond donors (Lipinski definition) is 1. The van der Waals surface area contributed by atoms with Crippen molar-refractivity contribution in [3.63, 3.8) is 0 Å². The SMILES string of the molecule is C[C@H](O)c1cccc(OCCCCC(C)(C)C#N)c1. The van der Waals surface area contributed by atoms with Gasteiger partial charge in [-0.3, -0.25) is 0 Å². The second kappa shape index (κ2) is 7.16. The first-order valence-corrected chi connectivity index (χ1v) is 6.77. The summed E-state index contributed by atoms with van der Waals surface area (Å²) in [6, 6.07) is 9.83. The van der Waals surface area contributed by atoms with Gasteiger partial charge in [-0.15, -0.1) is 0 Å². The molecule has 3 nitrogen and oxygen atoms in total. The second-order valence-electron chi connectivity index (χ2n) is 5.55. The number of benzene rings is 1. The van der Waals surface area contributed by atoms with Crippen molar-refractivity contribution in [2.45, 2.75) is 46.1 Å². The van der Waals surface area contributed by atoms with Gasteiger partial charge in [0.2, 0.25) is 0 Å². The summed E-state index contributed by atoms with van der Waals surface area (Å²) in [5.74, 6) is 0.790. The third kappa shape index (κ3) is 5.76. The minimum atomic E-state index is -0.472. The lowest BCUT2D eigenvalue weighted by Crippen LogP contribution is -2.08. The van der Waals surface area contributed by atoms with E-state index in [-0.39, 0.29) is 5.41 Å². The highest BCUT2D eigenvalue weighted by molar-refractivity contribution is 5.29.